The lowest BCUT2D eigenvalue weighted by molar-refractivity contribution is 0.178. The summed E-state index contributed by atoms with van der Waals surface area (Å²) in [7, 11) is -3.49. The van der Waals surface area contributed by atoms with E-state index in [1.165, 1.54) is 10.4 Å². The van der Waals surface area contributed by atoms with Crippen LogP contribution in [0.25, 0.3) is 0 Å². The fourth-order valence-electron chi connectivity index (χ4n) is 1.85. The Morgan fingerprint density at radius 1 is 1.53 bits per heavy atom. The molecular formula is C10H16N2O3S2. The van der Waals surface area contributed by atoms with Gasteiger partial charge >= 0.3 is 0 Å². The zero-order valence-corrected chi connectivity index (χ0v) is 11.0. The first-order valence-electron chi connectivity index (χ1n) is 5.52. The van der Waals surface area contributed by atoms with Crippen molar-refractivity contribution >= 4 is 27.0 Å². The Hall–Kier alpha value is -0.630. The summed E-state index contributed by atoms with van der Waals surface area (Å²) < 4.78 is 26.3. The number of aliphatic hydroxyl groups is 1. The summed E-state index contributed by atoms with van der Waals surface area (Å²) in [5.41, 5.74) is 6.01. The molecule has 0 spiro atoms. The molecule has 5 nitrogen and oxygen atoms in total. The zero-order chi connectivity index (χ0) is 12.5. The highest BCUT2D eigenvalue weighted by Gasteiger charge is 2.35. The Bertz CT molecular complexity index is 479. The molecule has 1 aromatic rings. The fraction of sp³-hybridized carbons (Fsp3) is 0.600. The van der Waals surface area contributed by atoms with Crippen LogP contribution in [-0.4, -0.2) is 37.0 Å². The third kappa shape index (κ3) is 2.47. The summed E-state index contributed by atoms with van der Waals surface area (Å²) in [6, 6.07) is 1.51. The van der Waals surface area contributed by atoms with Gasteiger partial charge in [-0.15, -0.1) is 11.3 Å². The van der Waals surface area contributed by atoms with Crippen molar-refractivity contribution in [1.29, 1.82) is 0 Å². The van der Waals surface area contributed by atoms with Crippen molar-refractivity contribution in [2.24, 2.45) is 0 Å². The quantitative estimate of drug-likeness (QED) is 0.835. The van der Waals surface area contributed by atoms with E-state index in [-0.39, 0.29) is 23.4 Å². The maximum atomic E-state index is 12.3. The lowest BCUT2D eigenvalue weighted by Gasteiger charge is -2.35. The van der Waals surface area contributed by atoms with Gasteiger partial charge in [-0.1, -0.05) is 6.42 Å². The number of hydrogen-bond acceptors (Lipinski definition) is 5. The Balaban J connectivity index is 2.27. The average Bonchev–Trinajstić information content (AvgIpc) is 2.62. The minimum absolute atomic E-state index is 0.0375. The molecule has 0 aromatic carbocycles. The Morgan fingerprint density at radius 3 is 2.65 bits per heavy atom. The second-order valence-electron chi connectivity index (χ2n) is 4.12. The second kappa shape index (κ2) is 4.93. The van der Waals surface area contributed by atoms with Crippen LogP contribution in [0.4, 0.5) is 5.69 Å². The number of rotatable bonds is 5. The van der Waals surface area contributed by atoms with E-state index in [9.17, 15) is 8.42 Å². The molecule has 0 radical (unpaired) electrons. The van der Waals surface area contributed by atoms with Crippen molar-refractivity contribution in [1.82, 2.24) is 4.31 Å². The molecule has 1 aromatic heterocycles. The smallest absolute Gasteiger partial charge is 0.252 e. The maximum Gasteiger partial charge on any atom is 0.252 e. The van der Waals surface area contributed by atoms with Crippen LogP contribution in [0.3, 0.4) is 0 Å². The van der Waals surface area contributed by atoms with Gasteiger partial charge in [-0.2, -0.15) is 4.31 Å². The third-order valence-electron chi connectivity index (χ3n) is 2.96. The Morgan fingerprint density at radius 2 is 2.24 bits per heavy atom. The minimum atomic E-state index is -3.49. The van der Waals surface area contributed by atoms with Crippen molar-refractivity contribution in [3.63, 3.8) is 0 Å². The van der Waals surface area contributed by atoms with E-state index >= 15 is 0 Å². The van der Waals surface area contributed by atoms with E-state index in [1.807, 2.05) is 0 Å². The molecule has 2 rings (SSSR count). The summed E-state index contributed by atoms with van der Waals surface area (Å²) in [6.45, 7) is 0.00138. The van der Waals surface area contributed by atoms with Crippen LogP contribution in [0.5, 0.6) is 0 Å². The molecule has 7 heteroatoms. The highest BCUT2D eigenvalue weighted by Crippen LogP contribution is 2.32. The lowest BCUT2D eigenvalue weighted by Crippen LogP contribution is -2.45. The average molecular weight is 276 g/mol. The Labute approximate surface area is 105 Å². The SMILES string of the molecule is Nc1csc(S(=O)(=O)N(CCO)C2CCC2)c1. The third-order valence-corrected chi connectivity index (χ3v) is 6.35. The van der Waals surface area contributed by atoms with Crippen LogP contribution < -0.4 is 5.73 Å². The topological polar surface area (TPSA) is 83.6 Å². The molecule has 1 saturated carbocycles. The van der Waals surface area contributed by atoms with E-state index in [0.29, 0.717) is 5.69 Å². The number of nitrogens with two attached hydrogens (primary N) is 1. The molecule has 1 fully saturated rings. The highest BCUT2D eigenvalue weighted by molar-refractivity contribution is 7.91. The number of aliphatic hydroxyl groups excluding tert-OH is 1. The Kier molecular flexibility index (Phi) is 3.72. The summed E-state index contributed by atoms with van der Waals surface area (Å²) in [5, 5.41) is 10.6. The number of hydrogen-bond donors (Lipinski definition) is 2. The van der Waals surface area contributed by atoms with Gasteiger partial charge in [-0.3, -0.25) is 0 Å². The van der Waals surface area contributed by atoms with E-state index in [4.69, 9.17) is 10.8 Å². The highest BCUT2D eigenvalue weighted by atomic mass is 32.2. The predicted molar refractivity (Wildman–Crippen MR) is 67.3 cm³/mol. The van der Waals surface area contributed by atoms with Gasteiger partial charge < -0.3 is 10.8 Å². The van der Waals surface area contributed by atoms with Gasteiger partial charge in [0.25, 0.3) is 10.0 Å². The summed E-state index contributed by atoms with van der Waals surface area (Å²) in [6.07, 6.45) is 2.80. The van der Waals surface area contributed by atoms with Crippen molar-refractivity contribution in [2.45, 2.75) is 29.5 Å². The second-order valence-corrected chi connectivity index (χ2v) is 7.15. The maximum absolute atomic E-state index is 12.3. The lowest BCUT2D eigenvalue weighted by atomic mass is 9.93. The summed E-state index contributed by atoms with van der Waals surface area (Å²) in [5.74, 6) is 0. The molecule has 0 atom stereocenters. The van der Waals surface area contributed by atoms with E-state index in [1.54, 1.807) is 5.38 Å². The van der Waals surface area contributed by atoms with Crippen molar-refractivity contribution in [3.8, 4) is 0 Å². The van der Waals surface area contributed by atoms with Crippen LogP contribution in [0, 0.1) is 0 Å². The van der Waals surface area contributed by atoms with E-state index in [2.05, 4.69) is 0 Å². The molecule has 0 saturated heterocycles. The normalized spacial score (nSPS) is 17.3. The van der Waals surface area contributed by atoms with Crippen molar-refractivity contribution in [3.05, 3.63) is 11.4 Å². The number of sulfonamides is 1. The summed E-state index contributed by atoms with van der Waals surface area (Å²) >= 11 is 1.13. The van der Waals surface area contributed by atoms with E-state index in [0.717, 1.165) is 30.6 Å². The zero-order valence-electron chi connectivity index (χ0n) is 9.37. The van der Waals surface area contributed by atoms with Gasteiger partial charge in [0.1, 0.15) is 4.21 Å². The molecule has 0 aliphatic heterocycles. The van der Waals surface area contributed by atoms with Gasteiger partial charge in [-0.05, 0) is 18.9 Å². The molecule has 17 heavy (non-hydrogen) atoms. The van der Waals surface area contributed by atoms with Crippen LogP contribution in [-0.2, 0) is 10.0 Å². The molecular weight excluding hydrogens is 260 g/mol. The molecule has 0 unspecified atom stereocenters. The molecule has 1 aliphatic rings. The monoisotopic (exact) mass is 276 g/mol. The van der Waals surface area contributed by atoms with Crippen LogP contribution in [0.15, 0.2) is 15.7 Å². The predicted octanol–water partition coefficient (Wildman–Crippen LogP) is 0.866. The van der Waals surface area contributed by atoms with Gasteiger partial charge in [0.15, 0.2) is 0 Å². The molecule has 3 N–H and O–H groups in total. The van der Waals surface area contributed by atoms with E-state index < -0.39 is 10.0 Å². The molecule has 0 amide bonds. The fourth-order valence-corrected chi connectivity index (χ4v) is 4.74. The van der Waals surface area contributed by atoms with Crippen LogP contribution in [0.1, 0.15) is 19.3 Å². The largest absolute Gasteiger partial charge is 0.398 e. The summed E-state index contributed by atoms with van der Waals surface area (Å²) in [4.78, 5) is 0. The van der Waals surface area contributed by atoms with Gasteiger partial charge in [0.2, 0.25) is 0 Å². The number of nitrogens with zero attached hydrogens (tertiary/aromatic N) is 1. The van der Waals surface area contributed by atoms with Gasteiger partial charge in [-0.25, -0.2) is 8.42 Å². The van der Waals surface area contributed by atoms with Crippen molar-refractivity contribution < 1.29 is 13.5 Å². The van der Waals surface area contributed by atoms with Crippen LogP contribution in [0.2, 0.25) is 0 Å². The molecule has 1 heterocycles. The first-order valence-corrected chi connectivity index (χ1v) is 7.84. The van der Waals surface area contributed by atoms with Crippen molar-refractivity contribution in [2.75, 3.05) is 18.9 Å². The molecule has 0 bridgehead atoms. The first-order chi connectivity index (χ1) is 8.05. The minimum Gasteiger partial charge on any atom is -0.398 e. The van der Waals surface area contributed by atoms with Gasteiger partial charge in [0, 0.05) is 23.7 Å². The van der Waals surface area contributed by atoms with Gasteiger partial charge in [0.05, 0.1) is 6.61 Å². The molecule has 96 valence electrons. The first kappa shape index (κ1) is 12.8. The standard InChI is InChI=1S/C10H16N2O3S2/c11-8-6-10(16-7-8)17(14,15)12(4-5-13)9-2-1-3-9/h6-7,9,13H,1-5,11H2. The van der Waals surface area contributed by atoms with Crippen LogP contribution >= 0.6 is 11.3 Å². The number of anilines is 1. The number of nitrogen functional groups attached to an aromatic ring is 1. The number of thiophene rings is 1. The molecule has 1 aliphatic carbocycles.